The fourth-order valence-corrected chi connectivity index (χ4v) is 1.07. The number of hydrogen-bond acceptors (Lipinski definition) is 2. The van der Waals surface area contributed by atoms with Gasteiger partial charge in [0.05, 0.1) is 13.6 Å². The first kappa shape index (κ1) is 18.0. The summed E-state index contributed by atoms with van der Waals surface area (Å²) in [6, 6.07) is 0. The maximum Gasteiger partial charge on any atom is 0.673 e. The second-order valence-electron chi connectivity index (χ2n) is 3.25. The predicted octanol–water partition coefficient (Wildman–Crippen LogP) is 1.18. The molecule has 1 atom stereocenters. The number of nitrogens with one attached hydrogen (secondary N) is 1. The van der Waals surface area contributed by atoms with E-state index in [2.05, 4.69) is 14.0 Å². The zero-order valence-electron chi connectivity index (χ0n) is 10.1. The second kappa shape index (κ2) is 9.86. The van der Waals surface area contributed by atoms with Crippen molar-refractivity contribution in [1.29, 1.82) is 0 Å². The van der Waals surface area contributed by atoms with Crippen LogP contribution in [0.15, 0.2) is 0 Å². The zero-order valence-corrected chi connectivity index (χ0v) is 10.1. The van der Waals surface area contributed by atoms with E-state index in [1.165, 1.54) is 17.7 Å². The molecule has 0 aromatic rings. The summed E-state index contributed by atoms with van der Waals surface area (Å²) in [7, 11) is -0.583. The van der Waals surface area contributed by atoms with Crippen LogP contribution in [0.5, 0.6) is 0 Å². The Bertz CT molecular complexity index is 149. The van der Waals surface area contributed by atoms with Gasteiger partial charge >= 0.3 is 13.7 Å². The van der Waals surface area contributed by atoms with E-state index in [1.54, 1.807) is 14.2 Å². The van der Waals surface area contributed by atoms with Gasteiger partial charge in [-0.2, -0.15) is 0 Å². The van der Waals surface area contributed by atoms with Crippen molar-refractivity contribution in [2.75, 3.05) is 27.8 Å². The molecule has 0 aliphatic rings. The average molecular weight is 249 g/mol. The molecule has 0 aliphatic heterocycles. The monoisotopic (exact) mass is 249 g/mol. The number of rotatable bonds is 6. The Morgan fingerprint density at radius 3 is 1.75 bits per heavy atom. The van der Waals surface area contributed by atoms with Gasteiger partial charge in [0, 0.05) is 14.2 Å². The predicted molar refractivity (Wildman–Crippen MR) is 54.7 cm³/mol. The van der Waals surface area contributed by atoms with Crippen molar-refractivity contribution in [2.45, 2.75) is 26.2 Å². The summed E-state index contributed by atoms with van der Waals surface area (Å²) in [6.45, 7) is 3.28. The first-order valence-electron chi connectivity index (χ1n) is 5.01. The molecule has 0 rings (SSSR count). The maximum absolute atomic E-state index is 9.75. The number of unbranched alkanes of at least 4 members (excludes halogenated alkanes) is 1. The minimum Gasteiger partial charge on any atom is -0.418 e. The molecule has 3 nitrogen and oxygen atoms in total. The first-order valence-corrected chi connectivity index (χ1v) is 5.01. The van der Waals surface area contributed by atoms with Crippen LogP contribution in [0.3, 0.4) is 0 Å². The molecule has 100 valence electrons. The van der Waals surface area contributed by atoms with Crippen molar-refractivity contribution in [3.8, 4) is 0 Å². The molecule has 1 unspecified atom stereocenters. The highest BCUT2D eigenvalue weighted by Crippen LogP contribution is 2.06. The number of halogens is 4. The molecule has 0 saturated heterocycles. The third-order valence-electron chi connectivity index (χ3n) is 1.76. The fraction of sp³-hybridized carbons (Fsp3) is 1.00. The van der Waals surface area contributed by atoms with Gasteiger partial charge in [0.15, 0.2) is 0 Å². The number of ether oxygens (including phenoxy) is 2. The average Bonchev–Trinajstić information content (AvgIpc) is 2.14. The van der Waals surface area contributed by atoms with Crippen molar-refractivity contribution in [3.63, 3.8) is 0 Å². The molecule has 0 radical (unpaired) electrons. The van der Waals surface area contributed by atoms with Crippen LogP contribution in [0.25, 0.3) is 0 Å². The van der Waals surface area contributed by atoms with E-state index in [4.69, 9.17) is 9.47 Å². The zero-order chi connectivity index (χ0) is 13.2. The lowest BCUT2D eigenvalue weighted by Gasteiger charge is -2.21. The molecule has 0 heterocycles. The van der Waals surface area contributed by atoms with Gasteiger partial charge in [-0.15, -0.1) is 0 Å². The normalized spacial score (nSPS) is 13.3. The van der Waals surface area contributed by atoms with Gasteiger partial charge in [-0.3, -0.25) is 4.90 Å². The first-order chi connectivity index (χ1) is 7.26. The van der Waals surface area contributed by atoms with E-state index in [0.29, 0.717) is 0 Å². The largest absolute Gasteiger partial charge is 0.673 e. The Kier molecular flexibility index (Phi) is 11.1. The molecule has 1 N–H and O–H groups in total. The SMILES string of the molecule is CCCC[NH+](C)C(OC)OC.F[B-](F)(F)F. The Morgan fingerprint density at radius 2 is 1.50 bits per heavy atom. The summed E-state index contributed by atoms with van der Waals surface area (Å²) in [5.41, 5.74) is 0. The quantitative estimate of drug-likeness (QED) is 0.434. The third-order valence-corrected chi connectivity index (χ3v) is 1.76. The molecule has 8 heteroatoms. The molecule has 16 heavy (non-hydrogen) atoms. The van der Waals surface area contributed by atoms with Crippen LogP contribution < -0.4 is 4.90 Å². The lowest BCUT2D eigenvalue weighted by Crippen LogP contribution is -3.13. The molecule has 0 aromatic carbocycles. The number of hydrogen-bond donors (Lipinski definition) is 1. The van der Waals surface area contributed by atoms with Gasteiger partial charge in [-0.1, -0.05) is 13.3 Å². The lowest BCUT2D eigenvalue weighted by molar-refractivity contribution is -0.955. The Balaban J connectivity index is 0. The van der Waals surface area contributed by atoms with Gasteiger partial charge in [-0.05, 0) is 6.42 Å². The molecular formula is C8H20BF4NO2. The molecule has 0 saturated carbocycles. The van der Waals surface area contributed by atoms with Gasteiger partial charge in [0.2, 0.25) is 0 Å². The molecule has 0 bridgehead atoms. The Labute approximate surface area is 93.8 Å². The van der Waals surface area contributed by atoms with E-state index in [-0.39, 0.29) is 6.41 Å². The molecular weight excluding hydrogens is 229 g/mol. The Morgan fingerprint density at radius 1 is 1.12 bits per heavy atom. The highest BCUT2D eigenvalue weighted by Gasteiger charge is 2.20. The van der Waals surface area contributed by atoms with Gasteiger partial charge in [-0.25, -0.2) is 0 Å². The Hall–Kier alpha value is -0.335. The van der Waals surface area contributed by atoms with E-state index in [9.17, 15) is 17.3 Å². The maximum atomic E-state index is 9.75. The molecule has 0 aromatic heterocycles. The van der Waals surface area contributed by atoms with Crippen LogP contribution in [0.1, 0.15) is 19.8 Å². The second-order valence-corrected chi connectivity index (χ2v) is 3.25. The molecule has 0 spiro atoms. The molecule has 0 aliphatic carbocycles. The van der Waals surface area contributed by atoms with Crippen molar-refractivity contribution >= 4 is 7.25 Å². The van der Waals surface area contributed by atoms with Crippen LogP contribution >= 0.6 is 0 Å². The van der Waals surface area contributed by atoms with Crippen molar-refractivity contribution < 1.29 is 31.6 Å². The molecule has 0 amide bonds. The third kappa shape index (κ3) is 16.1. The summed E-state index contributed by atoms with van der Waals surface area (Å²) in [5.74, 6) is 0. The van der Waals surface area contributed by atoms with E-state index >= 15 is 0 Å². The van der Waals surface area contributed by atoms with Crippen molar-refractivity contribution in [2.24, 2.45) is 0 Å². The van der Waals surface area contributed by atoms with E-state index in [1.807, 2.05) is 0 Å². The highest BCUT2D eigenvalue weighted by molar-refractivity contribution is 6.50. The summed E-state index contributed by atoms with van der Waals surface area (Å²) in [5, 5.41) is 0. The topological polar surface area (TPSA) is 22.9 Å². The number of methoxy groups -OCH3 is 2. The standard InChI is InChI=1S/C8H19NO2.BF4/c1-5-6-7-9(2)8(10-3)11-4;2-1(3,4)5/h8H,5-7H2,1-4H3;/q;-1/p+1. The summed E-state index contributed by atoms with van der Waals surface area (Å²) in [6.07, 6.45) is 2.33. The van der Waals surface area contributed by atoms with Crippen LogP contribution in [0, 0.1) is 0 Å². The summed E-state index contributed by atoms with van der Waals surface area (Å²) < 4.78 is 49.2. The fourth-order valence-electron chi connectivity index (χ4n) is 1.07. The lowest BCUT2D eigenvalue weighted by atomic mass is 10.3. The highest BCUT2D eigenvalue weighted by atomic mass is 19.5. The van der Waals surface area contributed by atoms with Crippen LogP contribution in [0.4, 0.5) is 17.3 Å². The minimum atomic E-state index is -6.00. The molecule has 0 fully saturated rings. The van der Waals surface area contributed by atoms with Gasteiger partial charge in [0.25, 0.3) is 0 Å². The van der Waals surface area contributed by atoms with Crippen LogP contribution in [0.2, 0.25) is 0 Å². The van der Waals surface area contributed by atoms with Crippen LogP contribution in [-0.2, 0) is 9.47 Å². The number of quaternary nitrogens is 1. The smallest absolute Gasteiger partial charge is 0.418 e. The van der Waals surface area contributed by atoms with Gasteiger partial charge < -0.3 is 26.7 Å². The van der Waals surface area contributed by atoms with Crippen molar-refractivity contribution in [1.82, 2.24) is 0 Å². The van der Waals surface area contributed by atoms with E-state index in [0.717, 1.165) is 6.54 Å². The van der Waals surface area contributed by atoms with Crippen LogP contribution in [-0.4, -0.2) is 41.5 Å². The summed E-state index contributed by atoms with van der Waals surface area (Å²) in [4.78, 5) is 1.27. The summed E-state index contributed by atoms with van der Waals surface area (Å²) >= 11 is 0. The van der Waals surface area contributed by atoms with Crippen molar-refractivity contribution in [3.05, 3.63) is 0 Å². The van der Waals surface area contributed by atoms with E-state index < -0.39 is 7.25 Å². The van der Waals surface area contributed by atoms with Gasteiger partial charge in [0.1, 0.15) is 0 Å². The minimum absolute atomic E-state index is 0.110.